The van der Waals surface area contributed by atoms with Crippen LogP contribution < -0.4 is 10.2 Å². The van der Waals surface area contributed by atoms with Crippen molar-refractivity contribution in [1.29, 1.82) is 0 Å². The number of benzene rings is 1. The van der Waals surface area contributed by atoms with Gasteiger partial charge in [0.2, 0.25) is 5.91 Å². The van der Waals surface area contributed by atoms with Gasteiger partial charge in [-0.1, -0.05) is 27.7 Å². The maximum atomic E-state index is 12.3. The average molecular weight is 433 g/mol. The van der Waals surface area contributed by atoms with Crippen molar-refractivity contribution in [3.63, 3.8) is 0 Å². The Kier molecular flexibility index (Phi) is 5.45. The molecule has 2 fully saturated rings. The highest BCUT2D eigenvalue weighted by molar-refractivity contribution is 9.10. The summed E-state index contributed by atoms with van der Waals surface area (Å²) in [5.41, 5.74) is 0. The van der Waals surface area contributed by atoms with Crippen molar-refractivity contribution in [3.8, 4) is 0 Å². The van der Waals surface area contributed by atoms with Crippen LogP contribution in [0, 0.1) is 5.92 Å². The van der Waals surface area contributed by atoms with E-state index in [1.807, 2.05) is 24.3 Å². The van der Waals surface area contributed by atoms with Crippen molar-refractivity contribution in [3.05, 3.63) is 40.9 Å². The first-order valence-electron chi connectivity index (χ1n) is 9.00. The Hall–Kier alpha value is -1.60. The quantitative estimate of drug-likeness (QED) is 0.776. The molecule has 1 N–H and O–H groups in total. The molecule has 1 atom stereocenters. The summed E-state index contributed by atoms with van der Waals surface area (Å²) < 4.78 is 1.06. The van der Waals surface area contributed by atoms with Gasteiger partial charge in [-0.15, -0.1) is 10.2 Å². The van der Waals surface area contributed by atoms with E-state index in [0.717, 1.165) is 59.0 Å². The minimum absolute atomic E-state index is 0.0583. The molecule has 1 aliphatic carbocycles. The van der Waals surface area contributed by atoms with Crippen LogP contribution in [0.5, 0.6) is 0 Å². The van der Waals surface area contributed by atoms with Crippen LogP contribution >= 0.6 is 27.7 Å². The highest BCUT2D eigenvalue weighted by Crippen LogP contribution is 2.28. The molecule has 26 heavy (non-hydrogen) atoms. The van der Waals surface area contributed by atoms with E-state index in [2.05, 4.69) is 48.5 Å². The lowest BCUT2D eigenvalue weighted by atomic mass is 9.97. The molecule has 2 heterocycles. The number of amides is 1. The Morgan fingerprint density at radius 1 is 1.12 bits per heavy atom. The second-order valence-corrected chi connectivity index (χ2v) is 8.86. The molecule has 5 nitrogen and oxygen atoms in total. The summed E-state index contributed by atoms with van der Waals surface area (Å²) in [6.07, 6.45) is 4.23. The third-order valence-corrected chi connectivity index (χ3v) is 6.17. The molecule has 1 aromatic heterocycles. The summed E-state index contributed by atoms with van der Waals surface area (Å²) in [7, 11) is 0. The van der Waals surface area contributed by atoms with Crippen LogP contribution in [0.25, 0.3) is 0 Å². The molecule has 1 saturated heterocycles. The number of nitrogens with one attached hydrogen (secondary N) is 1. The van der Waals surface area contributed by atoms with Gasteiger partial charge in [-0.25, -0.2) is 0 Å². The van der Waals surface area contributed by atoms with Crippen LogP contribution in [-0.4, -0.2) is 35.2 Å². The monoisotopic (exact) mass is 432 g/mol. The zero-order valence-electron chi connectivity index (χ0n) is 14.4. The standard InChI is InChI=1S/C19H21BrN4OS/c20-14-3-7-16(8-4-14)26-18-10-9-17(22-23-18)24-11-1-2-13(12-24)19(25)21-15-5-6-15/h3-4,7-10,13,15H,1-2,5-6,11-12H2,(H,21,25)/t13-/m1/s1. The van der Waals surface area contributed by atoms with Crippen LogP contribution in [0.1, 0.15) is 25.7 Å². The van der Waals surface area contributed by atoms with E-state index >= 15 is 0 Å². The Bertz CT molecular complexity index is 764. The van der Waals surface area contributed by atoms with Gasteiger partial charge in [0.25, 0.3) is 0 Å². The summed E-state index contributed by atoms with van der Waals surface area (Å²) in [6, 6.07) is 12.6. The number of hydrogen-bond donors (Lipinski definition) is 1. The molecular weight excluding hydrogens is 412 g/mol. The largest absolute Gasteiger partial charge is 0.354 e. The lowest BCUT2D eigenvalue weighted by Crippen LogP contribution is -2.44. The van der Waals surface area contributed by atoms with E-state index in [9.17, 15) is 4.79 Å². The van der Waals surface area contributed by atoms with Crippen LogP contribution in [0.3, 0.4) is 0 Å². The number of hydrogen-bond acceptors (Lipinski definition) is 5. The molecule has 0 radical (unpaired) electrons. The minimum atomic E-state index is 0.0583. The predicted octanol–water partition coefficient (Wildman–Crippen LogP) is 3.89. The van der Waals surface area contributed by atoms with E-state index in [1.54, 1.807) is 11.8 Å². The number of rotatable bonds is 5. The van der Waals surface area contributed by atoms with Crippen LogP contribution in [0.15, 0.2) is 50.8 Å². The molecule has 1 amide bonds. The molecule has 0 bridgehead atoms. The highest BCUT2D eigenvalue weighted by Gasteiger charge is 2.30. The SMILES string of the molecule is O=C(NC1CC1)[C@@H]1CCCN(c2ccc(Sc3ccc(Br)cc3)nn2)C1. The maximum absolute atomic E-state index is 12.3. The number of piperidine rings is 1. The molecule has 1 aromatic carbocycles. The number of anilines is 1. The summed E-state index contributed by atoms with van der Waals surface area (Å²) in [6.45, 7) is 1.66. The average Bonchev–Trinajstić information content (AvgIpc) is 3.48. The van der Waals surface area contributed by atoms with Crippen molar-refractivity contribution in [2.24, 2.45) is 5.92 Å². The van der Waals surface area contributed by atoms with Gasteiger partial charge in [-0.2, -0.15) is 0 Å². The van der Waals surface area contributed by atoms with Gasteiger partial charge in [-0.05, 0) is 62.1 Å². The third kappa shape index (κ3) is 4.57. The summed E-state index contributed by atoms with van der Waals surface area (Å²) in [5, 5.41) is 12.8. The Morgan fingerprint density at radius 3 is 2.62 bits per heavy atom. The Labute approximate surface area is 166 Å². The number of halogens is 1. The molecule has 136 valence electrons. The van der Waals surface area contributed by atoms with Crippen molar-refractivity contribution in [2.45, 2.75) is 41.6 Å². The second-order valence-electron chi connectivity index (χ2n) is 6.85. The van der Waals surface area contributed by atoms with E-state index in [-0.39, 0.29) is 11.8 Å². The molecule has 1 saturated carbocycles. The molecule has 1 aliphatic heterocycles. The van der Waals surface area contributed by atoms with Gasteiger partial charge < -0.3 is 10.2 Å². The van der Waals surface area contributed by atoms with E-state index in [0.29, 0.717) is 6.04 Å². The van der Waals surface area contributed by atoms with Gasteiger partial charge >= 0.3 is 0 Å². The molecular formula is C19H21BrN4OS. The van der Waals surface area contributed by atoms with Crippen LogP contribution in [0.4, 0.5) is 5.82 Å². The normalized spacial score (nSPS) is 20.0. The first-order valence-corrected chi connectivity index (χ1v) is 10.6. The third-order valence-electron chi connectivity index (χ3n) is 4.70. The summed E-state index contributed by atoms with van der Waals surface area (Å²) >= 11 is 5.04. The fraction of sp³-hybridized carbons (Fsp3) is 0.421. The molecule has 2 aromatic rings. The Balaban J connectivity index is 1.37. The molecule has 2 aliphatic rings. The van der Waals surface area contributed by atoms with Crippen molar-refractivity contribution < 1.29 is 4.79 Å². The van der Waals surface area contributed by atoms with Crippen LogP contribution in [-0.2, 0) is 4.79 Å². The number of carbonyl (C=O) groups is 1. The first-order chi connectivity index (χ1) is 12.7. The topological polar surface area (TPSA) is 58.1 Å². The summed E-state index contributed by atoms with van der Waals surface area (Å²) in [5.74, 6) is 1.12. The molecule has 7 heteroatoms. The number of nitrogens with zero attached hydrogens (tertiary/aromatic N) is 3. The lowest BCUT2D eigenvalue weighted by Gasteiger charge is -2.32. The number of aromatic nitrogens is 2. The molecule has 4 rings (SSSR count). The smallest absolute Gasteiger partial charge is 0.225 e. The van der Waals surface area contributed by atoms with E-state index in [1.165, 1.54) is 0 Å². The fourth-order valence-corrected chi connectivity index (χ4v) is 4.10. The van der Waals surface area contributed by atoms with E-state index in [4.69, 9.17) is 0 Å². The van der Waals surface area contributed by atoms with Crippen molar-refractivity contribution in [2.75, 3.05) is 18.0 Å². The number of carbonyl (C=O) groups excluding carboxylic acids is 1. The van der Waals surface area contributed by atoms with Gasteiger partial charge in [-0.3, -0.25) is 4.79 Å². The first kappa shape index (κ1) is 17.8. The zero-order valence-corrected chi connectivity index (χ0v) is 16.8. The minimum Gasteiger partial charge on any atom is -0.354 e. The second kappa shape index (κ2) is 7.96. The maximum Gasteiger partial charge on any atom is 0.225 e. The van der Waals surface area contributed by atoms with Crippen LogP contribution in [0.2, 0.25) is 0 Å². The Morgan fingerprint density at radius 2 is 1.92 bits per heavy atom. The van der Waals surface area contributed by atoms with Crippen molar-refractivity contribution >= 4 is 39.4 Å². The van der Waals surface area contributed by atoms with Gasteiger partial charge in [0.1, 0.15) is 5.03 Å². The van der Waals surface area contributed by atoms with E-state index < -0.39 is 0 Å². The van der Waals surface area contributed by atoms with Crippen molar-refractivity contribution in [1.82, 2.24) is 15.5 Å². The lowest BCUT2D eigenvalue weighted by molar-refractivity contribution is -0.125. The molecule has 0 unspecified atom stereocenters. The van der Waals surface area contributed by atoms with Gasteiger partial charge in [0.05, 0.1) is 5.92 Å². The van der Waals surface area contributed by atoms with Gasteiger partial charge in [0, 0.05) is 28.5 Å². The summed E-state index contributed by atoms with van der Waals surface area (Å²) in [4.78, 5) is 15.6. The zero-order chi connectivity index (χ0) is 17.9. The fourth-order valence-electron chi connectivity index (χ4n) is 3.11. The van der Waals surface area contributed by atoms with Gasteiger partial charge in [0.15, 0.2) is 5.82 Å². The predicted molar refractivity (Wildman–Crippen MR) is 106 cm³/mol. The highest BCUT2D eigenvalue weighted by atomic mass is 79.9. The molecule has 0 spiro atoms.